The third-order valence-corrected chi connectivity index (χ3v) is 3.19. The van der Waals surface area contributed by atoms with Crippen LogP contribution in [0.5, 0.6) is 5.75 Å². The van der Waals surface area contributed by atoms with Gasteiger partial charge in [-0.2, -0.15) is 5.26 Å². The van der Waals surface area contributed by atoms with E-state index in [0.717, 1.165) is 16.5 Å². The Morgan fingerprint density at radius 2 is 1.95 bits per heavy atom. The van der Waals surface area contributed by atoms with Crippen LogP contribution in [-0.4, -0.2) is 4.98 Å². The highest BCUT2D eigenvalue weighted by molar-refractivity contribution is 5.81. The first-order valence-electron chi connectivity index (χ1n) is 6.53. The van der Waals surface area contributed by atoms with Crippen molar-refractivity contribution in [1.82, 2.24) is 4.98 Å². The van der Waals surface area contributed by atoms with Crippen LogP contribution in [0.15, 0.2) is 54.6 Å². The second-order valence-corrected chi connectivity index (χ2v) is 4.65. The Morgan fingerprint density at radius 1 is 1.10 bits per heavy atom. The first-order chi connectivity index (χ1) is 10.3. The summed E-state index contributed by atoms with van der Waals surface area (Å²) in [5.41, 5.74) is 8.23. The number of hydrogen-bond donors (Lipinski definition) is 1. The van der Waals surface area contributed by atoms with E-state index >= 15 is 0 Å². The summed E-state index contributed by atoms with van der Waals surface area (Å²) in [7, 11) is 0. The summed E-state index contributed by atoms with van der Waals surface area (Å²) in [6.45, 7) is 0.318. The van der Waals surface area contributed by atoms with E-state index in [-0.39, 0.29) is 0 Å². The van der Waals surface area contributed by atoms with Gasteiger partial charge in [-0.1, -0.05) is 24.3 Å². The lowest BCUT2D eigenvalue weighted by molar-refractivity contribution is 0.306. The van der Waals surface area contributed by atoms with Gasteiger partial charge >= 0.3 is 0 Å². The number of hydrogen-bond acceptors (Lipinski definition) is 4. The number of ether oxygens (including phenoxy) is 1. The molecule has 0 atom stereocenters. The van der Waals surface area contributed by atoms with E-state index < -0.39 is 0 Å². The molecule has 4 nitrogen and oxygen atoms in total. The maximum absolute atomic E-state index is 8.87. The number of para-hydroxylation sites is 1. The molecule has 0 unspecified atom stereocenters. The second-order valence-electron chi connectivity index (χ2n) is 4.65. The molecule has 0 aliphatic carbocycles. The van der Waals surface area contributed by atoms with Crippen LogP contribution < -0.4 is 10.5 Å². The van der Waals surface area contributed by atoms with Crippen molar-refractivity contribution >= 4 is 16.7 Å². The first kappa shape index (κ1) is 12.9. The number of pyridine rings is 1. The molecule has 2 aromatic carbocycles. The summed E-state index contributed by atoms with van der Waals surface area (Å²) in [5, 5.41) is 9.90. The standard InChI is InChI=1S/C17H13N3O/c18-10-12-4-3-6-15(8-12)21-11-14-9-13-5-1-2-7-16(13)20-17(14)19/h1-9H,11H2,(H2,19,20). The first-order valence-corrected chi connectivity index (χ1v) is 6.53. The number of benzene rings is 2. The molecule has 1 aromatic heterocycles. The summed E-state index contributed by atoms with van der Waals surface area (Å²) in [6, 6.07) is 18.9. The Bertz CT molecular complexity index is 837. The maximum Gasteiger partial charge on any atom is 0.130 e. The number of rotatable bonds is 3. The van der Waals surface area contributed by atoms with Gasteiger partial charge in [0.05, 0.1) is 17.1 Å². The molecule has 0 saturated heterocycles. The van der Waals surface area contributed by atoms with E-state index in [9.17, 15) is 0 Å². The highest BCUT2D eigenvalue weighted by Gasteiger charge is 2.05. The van der Waals surface area contributed by atoms with Crippen LogP contribution in [-0.2, 0) is 6.61 Å². The van der Waals surface area contributed by atoms with Gasteiger partial charge in [0, 0.05) is 10.9 Å². The number of aromatic nitrogens is 1. The topological polar surface area (TPSA) is 71.9 Å². The summed E-state index contributed by atoms with van der Waals surface area (Å²) in [5.74, 6) is 1.10. The fourth-order valence-corrected chi connectivity index (χ4v) is 2.11. The van der Waals surface area contributed by atoms with Crippen LogP contribution in [0.2, 0.25) is 0 Å². The summed E-state index contributed by atoms with van der Waals surface area (Å²) in [4.78, 5) is 4.37. The Kier molecular flexibility index (Phi) is 3.40. The normalized spacial score (nSPS) is 10.2. The predicted octanol–water partition coefficient (Wildman–Crippen LogP) is 3.27. The molecule has 0 fully saturated rings. The molecule has 0 bridgehead atoms. The molecule has 1 heterocycles. The molecule has 0 aliphatic rings. The SMILES string of the molecule is N#Cc1cccc(OCc2cc3ccccc3nc2N)c1. The highest BCUT2D eigenvalue weighted by Crippen LogP contribution is 2.20. The number of anilines is 1. The van der Waals surface area contributed by atoms with E-state index in [1.165, 1.54) is 0 Å². The van der Waals surface area contributed by atoms with E-state index in [2.05, 4.69) is 11.1 Å². The molecule has 3 rings (SSSR count). The summed E-state index contributed by atoms with van der Waals surface area (Å²) in [6.07, 6.45) is 0. The van der Waals surface area contributed by atoms with Crippen molar-refractivity contribution in [2.24, 2.45) is 0 Å². The molecule has 4 heteroatoms. The quantitative estimate of drug-likeness (QED) is 0.796. The minimum atomic E-state index is 0.318. The van der Waals surface area contributed by atoms with Gasteiger partial charge in [-0.25, -0.2) is 4.98 Å². The zero-order chi connectivity index (χ0) is 14.7. The molecule has 2 N–H and O–H groups in total. The Hall–Kier alpha value is -3.06. The maximum atomic E-state index is 8.87. The fourth-order valence-electron chi connectivity index (χ4n) is 2.11. The largest absolute Gasteiger partial charge is 0.489 e. The molecule has 0 radical (unpaired) electrons. The van der Waals surface area contributed by atoms with Gasteiger partial charge in [0.1, 0.15) is 18.2 Å². The van der Waals surface area contributed by atoms with Crippen LogP contribution in [0, 0.1) is 11.3 Å². The molecule has 0 amide bonds. The van der Waals surface area contributed by atoms with E-state index in [1.807, 2.05) is 36.4 Å². The number of nitrogens with two attached hydrogens (primary N) is 1. The molecule has 102 valence electrons. The predicted molar refractivity (Wildman–Crippen MR) is 81.6 cm³/mol. The van der Waals surface area contributed by atoms with E-state index in [1.54, 1.807) is 18.2 Å². The fraction of sp³-hybridized carbons (Fsp3) is 0.0588. The van der Waals surface area contributed by atoms with Gasteiger partial charge < -0.3 is 10.5 Å². The van der Waals surface area contributed by atoms with Crippen molar-refractivity contribution in [3.05, 3.63) is 65.7 Å². The van der Waals surface area contributed by atoms with Crippen LogP contribution in [0.1, 0.15) is 11.1 Å². The van der Waals surface area contributed by atoms with E-state index in [4.69, 9.17) is 15.7 Å². The number of nitrogen functional groups attached to an aromatic ring is 1. The molecular formula is C17H13N3O. The lowest BCUT2D eigenvalue weighted by atomic mass is 10.1. The zero-order valence-electron chi connectivity index (χ0n) is 11.3. The molecular weight excluding hydrogens is 262 g/mol. The third-order valence-electron chi connectivity index (χ3n) is 3.19. The number of nitrogens with zero attached hydrogens (tertiary/aromatic N) is 2. The molecule has 0 spiro atoms. The van der Waals surface area contributed by atoms with Crippen LogP contribution in [0.4, 0.5) is 5.82 Å². The monoisotopic (exact) mass is 275 g/mol. The van der Waals surface area contributed by atoms with Gasteiger partial charge in [0.15, 0.2) is 0 Å². The smallest absolute Gasteiger partial charge is 0.130 e. The van der Waals surface area contributed by atoms with Crippen molar-refractivity contribution in [3.8, 4) is 11.8 Å². The van der Waals surface area contributed by atoms with Crippen molar-refractivity contribution in [3.63, 3.8) is 0 Å². The van der Waals surface area contributed by atoms with E-state index in [0.29, 0.717) is 23.7 Å². The molecule has 3 aromatic rings. The van der Waals surface area contributed by atoms with Crippen molar-refractivity contribution in [2.75, 3.05) is 5.73 Å². The Balaban J connectivity index is 1.84. The van der Waals surface area contributed by atoms with Gasteiger partial charge in [-0.15, -0.1) is 0 Å². The average molecular weight is 275 g/mol. The van der Waals surface area contributed by atoms with Crippen molar-refractivity contribution < 1.29 is 4.74 Å². The Morgan fingerprint density at radius 3 is 2.81 bits per heavy atom. The van der Waals surface area contributed by atoms with Crippen molar-refractivity contribution in [1.29, 1.82) is 5.26 Å². The summed E-state index contributed by atoms with van der Waals surface area (Å²) >= 11 is 0. The minimum absolute atomic E-state index is 0.318. The van der Waals surface area contributed by atoms with Gasteiger partial charge in [0.2, 0.25) is 0 Å². The highest BCUT2D eigenvalue weighted by atomic mass is 16.5. The molecule has 21 heavy (non-hydrogen) atoms. The Labute approximate surface area is 122 Å². The third kappa shape index (κ3) is 2.77. The molecule has 0 saturated carbocycles. The number of nitriles is 1. The zero-order valence-corrected chi connectivity index (χ0v) is 11.3. The lowest BCUT2D eigenvalue weighted by Crippen LogP contribution is -2.02. The lowest BCUT2D eigenvalue weighted by Gasteiger charge is -2.09. The van der Waals surface area contributed by atoms with Crippen LogP contribution >= 0.6 is 0 Å². The van der Waals surface area contributed by atoms with Crippen LogP contribution in [0.3, 0.4) is 0 Å². The molecule has 0 aliphatic heterocycles. The van der Waals surface area contributed by atoms with Crippen LogP contribution in [0.25, 0.3) is 10.9 Å². The minimum Gasteiger partial charge on any atom is -0.489 e. The number of fused-ring (bicyclic) bond motifs is 1. The average Bonchev–Trinajstić information content (AvgIpc) is 2.53. The summed E-state index contributed by atoms with van der Waals surface area (Å²) < 4.78 is 5.69. The van der Waals surface area contributed by atoms with Gasteiger partial charge in [0.25, 0.3) is 0 Å². The second kappa shape index (κ2) is 5.51. The van der Waals surface area contributed by atoms with Gasteiger partial charge in [-0.05, 0) is 30.3 Å². The van der Waals surface area contributed by atoms with Gasteiger partial charge in [-0.3, -0.25) is 0 Å². The van der Waals surface area contributed by atoms with Crippen molar-refractivity contribution in [2.45, 2.75) is 6.61 Å².